The highest BCUT2D eigenvalue weighted by Gasteiger charge is 2.16. The second-order valence-corrected chi connectivity index (χ2v) is 5.39. The molecule has 2 aromatic heterocycles. The third-order valence-corrected chi connectivity index (χ3v) is 2.98. The molecule has 1 amide bonds. The molecule has 0 fully saturated rings. The molecule has 0 spiro atoms. The number of nitrogens with one attached hydrogen (secondary N) is 2. The zero-order valence-corrected chi connectivity index (χ0v) is 12.2. The minimum absolute atomic E-state index is 0.0237. The predicted octanol–water partition coefficient (Wildman–Crippen LogP) is 2.19. The van der Waals surface area contributed by atoms with Gasteiger partial charge in [-0.1, -0.05) is 19.0 Å². The number of aromatic nitrogens is 3. The molecule has 2 N–H and O–H groups in total. The van der Waals surface area contributed by atoms with Gasteiger partial charge in [-0.2, -0.15) is 5.10 Å². The summed E-state index contributed by atoms with van der Waals surface area (Å²) in [4.78, 5) is 12.0. The van der Waals surface area contributed by atoms with Gasteiger partial charge >= 0.3 is 0 Å². The number of aromatic amines is 1. The number of amides is 1. The number of hydrogen-bond donors (Lipinski definition) is 2. The summed E-state index contributed by atoms with van der Waals surface area (Å²) in [7, 11) is 0. The maximum absolute atomic E-state index is 12.0. The molecule has 6 heteroatoms. The molecule has 2 aromatic rings. The monoisotopic (exact) mass is 276 g/mol. The van der Waals surface area contributed by atoms with Crippen molar-refractivity contribution in [1.29, 1.82) is 0 Å². The van der Waals surface area contributed by atoms with Gasteiger partial charge < -0.3 is 9.84 Å². The maximum Gasteiger partial charge on any atom is 0.273 e. The Labute approximate surface area is 117 Å². The Bertz CT molecular complexity index is 586. The van der Waals surface area contributed by atoms with Gasteiger partial charge in [0.2, 0.25) is 0 Å². The summed E-state index contributed by atoms with van der Waals surface area (Å²) in [5, 5.41) is 13.7. The predicted molar refractivity (Wildman–Crippen MR) is 74.5 cm³/mol. The van der Waals surface area contributed by atoms with Crippen molar-refractivity contribution in [2.45, 2.75) is 46.1 Å². The van der Waals surface area contributed by atoms with E-state index in [4.69, 9.17) is 4.52 Å². The summed E-state index contributed by atoms with van der Waals surface area (Å²) in [6.07, 6.45) is 0.672. The molecule has 2 heterocycles. The summed E-state index contributed by atoms with van der Waals surface area (Å²) in [5.74, 6) is 0.708. The molecular formula is C14H20N4O2. The second kappa shape index (κ2) is 5.90. The fourth-order valence-electron chi connectivity index (χ4n) is 1.91. The van der Waals surface area contributed by atoms with Crippen LogP contribution in [0.5, 0.6) is 0 Å². The Kier molecular flexibility index (Phi) is 4.22. The molecule has 0 saturated heterocycles. The normalized spacial score (nSPS) is 12.7. The topological polar surface area (TPSA) is 83.8 Å². The minimum Gasteiger partial charge on any atom is -0.360 e. The van der Waals surface area contributed by atoms with Gasteiger partial charge in [-0.05, 0) is 19.9 Å². The summed E-state index contributed by atoms with van der Waals surface area (Å²) in [5.41, 5.74) is 2.26. The van der Waals surface area contributed by atoms with Crippen LogP contribution in [0.1, 0.15) is 54.3 Å². The minimum atomic E-state index is -0.222. The third kappa shape index (κ3) is 3.46. The molecule has 108 valence electrons. The molecule has 0 aliphatic carbocycles. The van der Waals surface area contributed by atoms with E-state index in [-0.39, 0.29) is 17.9 Å². The molecule has 2 rings (SSSR count). The number of carbonyl (C=O) groups is 1. The van der Waals surface area contributed by atoms with E-state index in [2.05, 4.69) is 20.7 Å². The van der Waals surface area contributed by atoms with Gasteiger partial charge in [-0.3, -0.25) is 9.89 Å². The Morgan fingerprint density at radius 2 is 2.15 bits per heavy atom. The molecule has 20 heavy (non-hydrogen) atoms. The Morgan fingerprint density at radius 3 is 2.70 bits per heavy atom. The molecule has 0 saturated carbocycles. The van der Waals surface area contributed by atoms with Gasteiger partial charge in [0.05, 0.1) is 5.69 Å². The van der Waals surface area contributed by atoms with Crippen LogP contribution >= 0.6 is 0 Å². The summed E-state index contributed by atoms with van der Waals surface area (Å²) >= 11 is 0. The van der Waals surface area contributed by atoms with E-state index >= 15 is 0 Å². The summed E-state index contributed by atoms with van der Waals surface area (Å²) in [6, 6.07) is 3.63. The first-order valence-corrected chi connectivity index (χ1v) is 6.74. The lowest BCUT2D eigenvalue weighted by Gasteiger charge is -2.10. The molecule has 0 aliphatic heterocycles. The SMILES string of the molecule is Cc1cc(C[C@@H](C)NC(=O)c2cc(C(C)C)on2)n[nH]1. The third-order valence-electron chi connectivity index (χ3n) is 2.98. The number of rotatable bonds is 5. The molecule has 0 aromatic carbocycles. The number of carbonyl (C=O) groups excluding carboxylic acids is 1. The maximum atomic E-state index is 12.0. The van der Waals surface area contributed by atoms with Crippen molar-refractivity contribution in [2.75, 3.05) is 0 Å². The highest BCUT2D eigenvalue weighted by atomic mass is 16.5. The number of nitrogens with zero attached hydrogens (tertiary/aromatic N) is 2. The van der Waals surface area contributed by atoms with Crippen LogP contribution in [-0.2, 0) is 6.42 Å². The summed E-state index contributed by atoms with van der Waals surface area (Å²) < 4.78 is 5.12. The fourth-order valence-corrected chi connectivity index (χ4v) is 1.91. The highest BCUT2D eigenvalue weighted by Crippen LogP contribution is 2.15. The van der Waals surface area contributed by atoms with E-state index in [1.54, 1.807) is 6.07 Å². The van der Waals surface area contributed by atoms with E-state index < -0.39 is 0 Å². The lowest BCUT2D eigenvalue weighted by Crippen LogP contribution is -2.34. The van der Waals surface area contributed by atoms with Crippen molar-refractivity contribution in [3.63, 3.8) is 0 Å². The van der Waals surface area contributed by atoms with Crippen LogP contribution in [0.25, 0.3) is 0 Å². The van der Waals surface area contributed by atoms with Crippen molar-refractivity contribution >= 4 is 5.91 Å². The van der Waals surface area contributed by atoms with Crippen LogP contribution in [0.2, 0.25) is 0 Å². The Hall–Kier alpha value is -2.11. The quantitative estimate of drug-likeness (QED) is 0.876. The van der Waals surface area contributed by atoms with Crippen molar-refractivity contribution < 1.29 is 9.32 Å². The second-order valence-electron chi connectivity index (χ2n) is 5.39. The van der Waals surface area contributed by atoms with Gasteiger partial charge in [0.15, 0.2) is 5.69 Å². The van der Waals surface area contributed by atoms with Crippen LogP contribution in [0.15, 0.2) is 16.7 Å². The zero-order chi connectivity index (χ0) is 14.7. The van der Waals surface area contributed by atoms with Gasteiger partial charge in [0.25, 0.3) is 5.91 Å². The molecule has 0 aliphatic rings. The molecule has 0 bridgehead atoms. The van der Waals surface area contributed by atoms with Gasteiger partial charge in [0.1, 0.15) is 5.76 Å². The number of H-pyrrole nitrogens is 1. The van der Waals surface area contributed by atoms with Crippen molar-refractivity contribution in [2.24, 2.45) is 0 Å². The van der Waals surface area contributed by atoms with Gasteiger partial charge in [-0.15, -0.1) is 0 Å². The van der Waals surface area contributed by atoms with Crippen LogP contribution in [0, 0.1) is 6.92 Å². The van der Waals surface area contributed by atoms with Crippen LogP contribution < -0.4 is 5.32 Å². The van der Waals surface area contributed by atoms with E-state index in [0.717, 1.165) is 11.4 Å². The first kappa shape index (κ1) is 14.3. The Morgan fingerprint density at radius 1 is 1.40 bits per heavy atom. The van der Waals surface area contributed by atoms with E-state index in [1.165, 1.54) is 0 Å². The number of aryl methyl sites for hydroxylation is 1. The lowest BCUT2D eigenvalue weighted by molar-refractivity contribution is 0.0930. The lowest BCUT2D eigenvalue weighted by atomic mass is 10.1. The van der Waals surface area contributed by atoms with E-state index in [0.29, 0.717) is 17.9 Å². The van der Waals surface area contributed by atoms with E-state index in [9.17, 15) is 4.79 Å². The van der Waals surface area contributed by atoms with Crippen molar-refractivity contribution in [3.8, 4) is 0 Å². The standard InChI is InChI=1S/C14H20N4O2/c1-8(2)13-7-12(18-20-13)14(19)15-9(3)5-11-6-10(4)16-17-11/h6-9H,5H2,1-4H3,(H,15,19)(H,16,17)/t9-/m1/s1. The van der Waals surface area contributed by atoms with Crippen LogP contribution in [0.3, 0.4) is 0 Å². The van der Waals surface area contributed by atoms with Gasteiger partial charge in [0, 0.05) is 30.1 Å². The Balaban J connectivity index is 1.93. The molecule has 0 radical (unpaired) electrons. The largest absolute Gasteiger partial charge is 0.360 e. The summed E-state index contributed by atoms with van der Waals surface area (Å²) in [6.45, 7) is 7.86. The molecule has 1 atom stereocenters. The molecule has 6 nitrogen and oxygen atoms in total. The first-order valence-electron chi connectivity index (χ1n) is 6.74. The van der Waals surface area contributed by atoms with Crippen LogP contribution in [0.4, 0.5) is 0 Å². The highest BCUT2D eigenvalue weighted by molar-refractivity contribution is 5.92. The average molecular weight is 276 g/mol. The molecule has 0 unspecified atom stereocenters. The van der Waals surface area contributed by atoms with Crippen LogP contribution in [-0.4, -0.2) is 27.3 Å². The van der Waals surface area contributed by atoms with Crippen molar-refractivity contribution in [1.82, 2.24) is 20.7 Å². The van der Waals surface area contributed by atoms with Gasteiger partial charge in [-0.25, -0.2) is 0 Å². The fraction of sp³-hybridized carbons (Fsp3) is 0.500. The average Bonchev–Trinajstić information content (AvgIpc) is 2.98. The number of hydrogen-bond acceptors (Lipinski definition) is 4. The smallest absolute Gasteiger partial charge is 0.273 e. The first-order chi connectivity index (χ1) is 9.45. The zero-order valence-electron chi connectivity index (χ0n) is 12.2. The van der Waals surface area contributed by atoms with E-state index in [1.807, 2.05) is 33.8 Å². The van der Waals surface area contributed by atoms with Crippen molar-refractivity contribution in [3.05, 3.63) is 35.0 Å². The molecular weight excluding hydrogens is 256 g/mol.